The molecule has 0 saturated carbocycles. The molecule has 0 aliphatic rings. The smallest absolute Gasteiger partial charge is 0.130 e. The van der Waals surface area contributed by atoms with Gasteiger partial charge in [0.2, 0.25) is 0 Å². The number of halogens is 1. The second kappa shape index (κ2) is 5.61. The fraction of sp³-hybridized carbons (Fsp3) is 0.118. The van der Waals surface area contributed by atoms with Crippen LogP contribution in [0.4, 0.5) is 4.39 Å². The summed E-state index contributed by atoms with van der Waals surface area (Å²) in [6, 6.07) is 9.49. The van der Waals surface area contributed by atoms with Gasteiger partial charge in [-0.25, -0.2) is 4.39 Å². The van der Waals surface area contributed by atoms with Crippen LogP contribution < -0.4 is 0 Å². The van der Waals surface area contributed by atoms with Crippen LogP contribution >= 0.6 is 0 Å². The standard InChI is InChI=1S/C17H14FN3O/c1-17(22,13-6-8-19-9-7-13)16-11-20-15(10-21-16)12-2-4-14(18)5-3-12/h2-11,22H,1H3. The van der Waals surface area contributed by atoms with Gasteiger partial charge in [-0.2, -0.15) is 0 Å². The predicted molar refractivity (Wildman–Crippen MR) is 80.3 cm³/mol. The van der Waals surface area contributed by atoms with Crippen LogP contribution in [0.15, 0.2) is 61.2 Å². The maximum absolute atomic E-state index is 12.9. The molecule has 0 radical (unpaired) electrons. The van der Waals surface area contributed by atoms with E-state index in [0.29, 0.717) is 17.0 Å². The Kier molecular flexibility index (Phi) is 3.65. The second-order valence-electron chi connectivity index (χ2n) is 5.10. The highest BCUT2D eigenvalue weighted by atomic mass is 19.1. The Bertz CT molecular complexity index is 756. The molecule has 1 atom stereocenters. The van der Waals surface area contributed by atoms with E-state index in [1.807, 2.05) is 0 Å². The van der Waals surface area contributed by atoms with Crippen molar-refractivity contribution >= 4 is 0 Å². The number of benzene rings is 1. The highest BCUT2D eigenvalue weighted by Crippen LogP contribution is 2.27. The average molecular weight is 295 g/mol. The van der Waals surface area contributed by atoms with Crippen molar-refractivity contribution in [3.63, 3.8) is 0 Å². The topological polar surface area (TPSA) is 58.9 Å². The zero-order valence-corrected chi connectivity index (χ0v) is 11.9. The SMILES string of the molecule is CC(O)(c1ccncc1)c1cnc(-c2ccc(F)cc2)cn1. The van der Waals surface area contributed by atoms with Gasteiger partial charge in [-0.05, 0) is 48.9 Å². The molecule has 1 unspecified atom stereocenters. The summed E-state index contributed by atoms with van der Waals surface area (Å²) in [7, 11) is 0. The molecule has 0 saturated heterocycles. The number of hydrogen-bond donors (Lipinski definition) is 1. The lowest BCUT2D eigenvalue weighted by atomic mass is 9.94. The second-order valence-corrected chi connectivity index (χ2v) is 5.10. The molecule has 2 aromatic heterocycles. The molecule has 0 bridgehead atoms. The van der Waals surface area contributed by atoms with Crippen LogP contribution in [-0.4, -0.2) is 20.1 Å². The van der Waals surface area contributed by atoms with E-state index >= 15 is 0 Å². The number of nitrogens with zero attached hydrogens (tertiary/aromatic N) is 3. The van der Waals surface area contributed by atoms with E-state index in [9.17, 15) is 9.50 Å². The van der Waals surface area contributed by atoms with Crippen molar-refractivity contribution in [1.82, 2.24) is 15.0 Å². The van der Waals surface area contributed by atoms with Crippen LogP contribution in [0.3, 0.4) is 0 Å². The molecule has 1 N–H and O–H groups in total. The molecule has 1 aromatic carbocycles. The summed E-state index contributed by atoms with van der Waals surface area (Å²) < 4.78 is 12.9. The van der Waals surface area contributed by atoms with Crippen molar-refractivity contribution < 1.29 is 9.50 Å². The minimum Gasteiger partial charge on any atom is -0.379 e. The van der Waals surface area contributed by atoms with E-state index in [1.165, 1.54) is 18.3 Å². The number of aromatic nitrogens is 3. The van der Waals surface area contributed by atoms with Crippen LogP contribution in [-0.2, 0) is 5.60 Å². The molecule has 110 valence electrons. The Hall–Kier alpha value is -2.66. The summed E-state index contributed by atoms with van der Waals surface area (Å²) in [4.78, 5) is 12.5. The molecule has 0 amide bonds. The largest absolute Gasteiger partial charge is 0.379 e. The van der Waals surface area contributed by atoms with Gasteiger partial charge in [-0.15, -0.1) is 0 Å². The summed E-state index contributed by atoms with van der Waals surface area (Å²) >= 11 is 0. The number of pyridine rings is 1. The van der Waals surface area contributed by atoms with Gasteiger partial charge in [0.1, 0.15) is 11.4 Å². The molecule has 5 heteroatoms. The van der Waals surface area contributed by atoms with E-state index in [2.05, 4.69) is 15.0 Å². The van der Waals surface area contributed by atoms with Gasteiger partial charge in [0.05, 0.1) is 23.8 Å². The van der Waals surface area contributed by atoms with Crippen LogP contribution in [0.25, 0.3) is 11.3 Å². The summed E-state index contributed by atoms with van der Waals surface area (Å²) in [5.74, 6) is -0.297. The first-order chi connectivity index (χ1) is 10.6. The van der Waals surface area contributed by atoms with Gasteiger partial charge in [0, 0.05) is 18.0 Å². The minimum absolute atomic E-state index is 0.297. The predicted octanol–water partition coefficient (Wildman–Crippen LogP) is 2.93. The number of hydrogen-bond acceptors (Lipinski definition) is 4. The lowest BCUT2D eigenvalue weighted by molar-refractivity contribution is 0.0969. The molecular weight excluding hydrogens is 281 g/mol. The highest BCUT2D eigenvalue weighted by molar-refractivity contribution is 5.57. The first-order valence-electron chi connectivity index (χ1n) is 6.79. The van der Waals surface area contributed by atoms with E-state index in [-0.39, 0.29) is 5.82 Å². The van der Waals surface area contributed by atoms with Crippen LogP contribution in [0.5, 0.6) is 0 Å². The van der Waals surface area contributed by atoms with Crippen molar-refractivity contribution in [2.45, 2.75) is 12.5 Å². The molecule has 0 spiro atoms. The van der Waals surface area contributed by atoms with E-state index < -0.39 is 5.60 Å². The zero-order valence-electron chi connectivity index (χ0n) is 11.9. The summed E-state index contributed by atoms with van der Waals surface area (Å²) in [5, 5.41) is 10.7. The Morgan fingerprint density at radius 1 is 0.955 bits per heavy atom. The van der Waals surface area contributed by atoms with Crippen LogP contribution in [0.1, 0.15) is 18.2 Å². The summed E-state index contributed by atoms with van der Waals surface area (Å²) in [6.07, 6.45) is 6.32. The third-order valence-corrected chi connectivity index (χ3v) is 3.53. The molecule has 4 nitrogen and oxygen atoms in total. The molecular formula is C17H14FN3O. The summed E-state index contributed by atoms with van der Waals surface area (Å²) in [5.41, 5.74) is 1.26. The van der Waals surface area contributed by atoms with Gasteiger partial charge in [0.25, 0.3) is 0 Å². The molecule has 0 aliphatic carbocycles. The number of rotatable bonds is 3. The lowest BCUT2D eigenvalue weighted by Crippen LogP contribution is -2.24. The van der Waals surface area contributed by atoms with Gasteiger partial charge >= 0.3 is 0 Å². The molecule has 22 heavy (non-hydrogen) atoms. The fourth-order valence-electron chi connectivity index (χ4n) is 2.17. The van der Waals surface area contributed by atoms with E-state index in [0.717, 1.165) is 5.56 Å². The first-order valence-corrected chi connectivity index (χ1v) is 6.79. The van der Waals surface area contributed by atoms with Crippen molar-refractivity contribution in [2.75, 3.05) is 0 Å². The molecule has 3 rings (SSSR count). The van der Waals surface area contributed by atoms with Crippen molar-refractivity contribution in [1.29, 1.82) is 0 Å². The Labute approximate surface area is 127 Å². The third-order valence-electron chi connectivity index (χ3n) is 3.53. The Morgan fingerprint density at radius 3 is 2.23 bits per heavy atom. The first kappa shape index (κ1) is 14.3. The van der Waals surface area contributed by atoms with Gasteiger partial charge in [-0.1, -0.05) is 0 Å². The lowest BCUT2D eigenvalue weighted by Gasteiger charge is -2.22. The Morgan fingerprint density at radius 2 is 1.64 bits per heavy atom. The molecule has 0 fully saturated rings. The monoisotopic (exact) mass is 295 g/mol. The average Bonchev–Trinajstić information content (AvgIpc) is 2.56. The quantitative estimate of drug-likeness (QED) is 0.807. The zero-order chi connectivity index (χ0) is 15.6. The van der Waals surface area contributed by atoms with Gasteiger partial charge < -0.3 is 5.11 Å². The Balaban J connectivity index is 1.93. The molecule has 3 aromatic rings. The fourth-order valence-corrected chi connectivity index (χ4v) is 2.17. The van der Waals surface area contributed by atoms with Crippen molar-refractivity contribution in [3.8, 4) is 11.3 Å². The van der Waals surface area contributed by atoms with Crippen LogP contribution in [0, 0.1) is 5.82 Å². The van der Waals surface area contributed by atoms with E-state index in [1.54, 1.807) is 49.8 Å². The van der Waals surface area contributed by atoms with Crippen molar-refractivity contribution in [2.24, 2.45) is 0 Å². The summed E-state index contributed by atoms with van der Waals surface area (Å²) in [6.45, 7) is 1.66. The van der Waals surface area contributed by atoms with Crippen molar-refractivity contribution in [3.05, 3.63) is 78.3 Å². The molecule has 2 heterocycles. The maximum Gasteiger partial charge on any atom is 0.130 e. The van der Waals surface area contributed by atoms with Crippen LogP contribution in [0.2, 0.25) is 0 Å². The maximum atomic E-state index is 12.9. The molecule has 0 aliphatic heterocycles. The normalized spacial score (nSPS) is 13.6. The number of aliphatic hydroxyl groups is 1. The van der Waals surface area contributed by atoms with Gasteiger partial charge in [0.15, 0.2) is 0 Å². The highest BCUT2D eigenvalue weighted by Gasteiger charge is 2.27. The van der Waals surface area contributed by atoms with E-state index in [4.69, 9.17) is 0 Å². The minimum atomic E-state index is -1.25. The third kappa shape index (κ3) is 2.71. The van der Waals surface area contributed by atoms with Gasteiger partial charge in [-0.3, -0.25) is 15.0 Å².